The van der Waals surface area contributed by atoms with E-state index in [0.717, 1.165) is 31.7 Å². The summed E-state index contributed by atoms with van der Waals surface area (Å²) in [5, 5.41) is 7.22. The molecule has 2 aromatic rings. The highest BCUT2D eigenvalue weighted by Crippen LogP contribution is 2.17. The molecular formula is C20H22ClN3. The van der Waals surface area contributed by atoms with E-state index < -0.39 is 0 Å². The normalized spacial score (nSPS) is 16.0. The van der Waals surface area contributed by atoms with Crippen LogP contribution < -0.4 is 4.90 Å². The molecule has 4 heteroatoms. The fourth-order valence-electron chi connectivity index (χ4n) is 2.71. The Morgan fingerprint density at radius 2 is 1.62 bits per heavy atom. The van der Waals surface area contributed by atoms with Gasteiger partial charge in [0.15, 0.2) is 0 Å². The molecule has 1 aliphatic heterocycles. The van der Waals surface area contributed by atoms with Gasteiger partial charge in [0.2, 0.25) is 0 Å². The summed E-state index contributed by atoms with van der Waals surface area (Å²) in [7, 11) is 0. The van der Waals surface area contributed by atoms with Crippen molar-refractivity contribution in [2.45, 2.75) is 6.92 Å². The van der Waals surface area contributed by atoms with Crippen LogP contribution in [0, 0.1) is 6.92 Å². The Kier molecular flexibility index (Phi) is 5.55. The van der Waals surface area contributed by atoms with Gasteiger partial charge in [-0.3, -0.25) is 5.01 Å². The summed E-state index contributed by atoms with van der Waals surface area (Å²) in [4.78, 5) is 2.40. The van der Waals surface area contributed by atoms with Crippen LogP contribution in [0.25, 0.3) is 6.08 Å². The lowest BCUT2D eigenvalue weighted by Gasteiger charge is -2.34. The number of hydrogen-bond donors (Lipinski definition) is 0. The average Bonchev–Trinajstić information content (AvgIpc) is 2.62. The number of benzene rings is 2. The lowest BCUT2D eigenvalue weighted by atomic mass is 10.2. The second-order valence-electron chi connectivity index (χ2n) is 5.96. The molecule has 124 valence electrons. The first-order valence-corrected chi connectivity index (χ1v) is 8.61. The van der Waals surface area contributed by atoms with Crippen molar-refractivity contribution >= 4 is 29.6 Å². The Morgan fingerprint density at radius 3 is 2.29 bits per heavy atom. The number of rotatable bonds is 4. The van der Waals surface area contributed by atoms with Gasteiger partial charge in [-0.2, -0.15) is 5.10 Å². The molecule has 0 saturated carbocycles. The molecule has 0 spiro atoms. The highest BCUT2D eigenvalue weighted by atomic mass is 35.5. The number of nitrogens with zero attached hydrogens (tertiary/aromatic N) is 3. The molecule has 0 bridgehead atoms. The van der Waals surface area contributed by atoms with Gasteiger partial charge < -0.3 is 4.90 Å². The fourth-order valence-corrected chi connectivity index (χ4v) is 2.88. The number of anilines is 1. The van der Waals surface area contributed by atoms with Crippen molar-refractivity contribution in [3.8, 4) is 0 Å². The molecule has 0 N–H and O–H groups in total. The Hall–Kier alpha value is -2.26. The van der Waals surface area contributed by atoms with E-state index in [0.29, 0.717) is 5.03 Å². The molecule has 0 radical (unpaired) electrons. The third-order valence-electron chi connectivity index (χ3n) is 4.10. The van der Waals surface area contributed by atoms with Gasteiger partial charge in [-0.05, 0) is 30.7 Å². The number of halogens is 1. The van der Waals surface area contributed by atoms with Gasteiger partial charge in [0, 0.05) is 18.8 Å². The third kappa shape index (κ3) is 4.62. The van der Waals surface area contributed by atoms with E-state index in [4.69, 9.17) is 11.6 Å². The van der Waals surface area contributed by atoms with E-state index in [2.05, 4.69) is 46.2 Å². The fraction of sp³-hybridized carbons (Fsp3) is 0.250. The van der Waals surface area contributed by atoms with Crippen molar-refractivity contribution in [1.29, 1.82) is 0 Å². The summed E-state index contributed by atoms with van der Waals surface area (Å²) < 4.78 is 0. The molecular weight excluding hydrogens is 318 g/mol. The van der Waals surface area contributed by atoms with E-state index in [1.165, 1.54) is 11.3 Å². The van der Waals surface area contributed by atoms with Crippen LogP contribution in [-0.2, 0) is 0 Å². The molecule has 3 nitrogen and oxygen atoms in total. The summed E-state index contributed by atoms with van der Waals surface area (Å²) in [5.41, 5.74) is 3.66. The molecule has 0 unspecified atom stereocenters. The Bertz CT molecular complexity index is 699. The van der Waals surface area contributed by atoms with Crippen LogP contribution in [0.3, 0.4) is 0 Å². The molecule has 2 aromatic carbocycles. The lowest BCUT2D eigenvalue weighted by Crippen LogP contribution is -2.44. The van der Waals surface area contributed by atoms with Gasteiger partial charge in [0.25, 0.3) is 0 Å². The summed E-state index contributed by atoms with van der Waals surface area (Å²) in [6.45, 7) is 5.86. The molecule has 1 aliphatic rings. The van der Waals surface area contributed by atoms with Crippen molar-refractivity contribution in [2.75, 3.05) is 31.1 Å². The van der Waals surface area contributed by atoms with Crippen molar-refractivity contribution < 1.29 is 0 Å². The van der Waals surface area contributed by atoms with E-state index in [-0.39, 0.29) is 0 Å². The van der Waals surface area contributed by atoms with Gasteiger partial charge in [0.1, 0.15) is 0 Å². The van der Waals surface area contributed by atoms with Gasteiger partial charge >= 0.3 is 0 Å². The van der Waals surface area contributed by atoms with E-state index in [1.807, 2.05) is 36.4 Å². The Labute approximate surface area is 148 Å². The number of hydrogen-bond acceptors (Lipinski definition) is 3. The average molecular weight is 340 g/mol. The standard InChI is InChI=1S/C20H22ClN3/c1-17-7-9-20(10-8-17)23-11-13-24(14-12-23)22-16-19(21)15-18-5-3-2-4-6-18/h2-10,15-16H,11-14H2,1H3/b19-15-,22-16+. The molecule has 0 atom stereocenters. The van der Waals surface area contributed by atoms with Gasteiger partial charge in [-0.25, -0.2) is 0 Å². The van der Waals surface area contributed by atoms with Gasteiger partial charge in [-0.15, -0.1) is 0 Å². The highest BCUT2D eigenvalue weighted by Gasteiger charge is 2.15. The second kappa shape index (κ2) is 8.02. The number of aryl methyl sites for hydroxylation is 1. The van der Waals surface area contributed by atoms with Gasteiger partial charge in [0.05, 0.1) is 24.3 Å². The topological polar surface area (TPSA) is 18.8 Å². The van der Waals surface area contributed by atoms with E-state index in [9.17, 15) is 0 Å². The largest absolute Gasteiger partial charge is 0.368 e. The first kappa shape index (κ1) is 16.6. The SMILES string of the molecule is Cc1ccc(N2CCN(/N=C/C(Cl)=C/c3ccccc3)CC2)cc1. The smallest absolute Gasteiger partial charge is 0.0657 e. The zero-order valence-electron chi connectivity index (χ0n) is 13.9. The van der Waals surface area contributed by atoms with Crippen LogP contribution in [0.5, 0.6) is 0 Å². The molecule has 0 aromatic heterocycles. The molecule has 1 saturated heterocycles. The van der Waals surface area contributed by atoms with Gasteiger partial charge in [-0.1, -0.05) is 59.6 Å². The second-order valence-corrected chi connectivity index (χ2v) is 6.40. The maximum atomic E-state index is 6.25. The van der Waals surface area contributed by atoms with Crippen molar-refractivity contribution in [2.24, 2.45) is 5.10 Å². The molecule has 0 aliphatic carbocycles. The maximum absolute atomic E-state index is 6.25. The minimum Gasteiger partial charge on any atom is -0.368 e. The van der Waals surface area contributed by atoms with Crippen molar-refractivity contribution in [3.63, 3.8) is 0 Å². The molecule has 0 amide bonds. The lowest BCUT2D eigenvalue weighted by molar-refractivity contribution is 0.272. The van der Waals surface area contributed by atoms with Crippen LogP contribution in [0.1, 0.15) is 11.1 Å². The zero-order chi connectivity index (χ0) is 16.8. The van der Waals surface area contributed by atoms with Crippen LogP contribution in [0.4, 0.5) is 5.69 Å². The summed E-state index contributed by atoms with van der Waals surface area (Å²) >= 11 is 6.25. The minimum absolute atomic E-state index is 0.641. The highest BCUT2D eigenvalue weighted by molar-refractivity contribution is 6.41. The predicted molar refractivity (Wildman–Crippen MR) is 104 cm³/mol. The van der Waals surface area contributed by atoms with Crippen LogP contribution >= 0.6 is 11.6 Å². The quantitative estimate of drug-likeness (QED) is 0.770. The van der Waals surface area contributed by atoms with Crippen molar-refractivity contribution in [1.82, 2.24) is 5.01 Å². The molecule has 24 heavy (non-hydrogen) atoms. The first-order chi connectivity index (χ1) is 11.7. The summed E-state index contributed by atoms with van der Waals surface area (Å²) in [6, 6.07) is 18.7. The van der Waals surface area contributed by atoms with Crippen LogP contribution in [0.15, 0.2) is 64.7 Å². The zero-order valence-corrected chi connectivity index (χ0v) is 14.7. The van der Waals surface area contributed by atoms with Crippen LogP contribution in [0.2, 0.25) is 0 Å². The van der Waals surface area contributed by atoms with Crippen LogP contribution in [-0.4, -0.2) is 37.4 Å². The van der Waals surface area contributed by atoms with E-state index in [1.54, 1.807) is 6.21 Å². The number of piperazine rings is 1. The summed E-state index contributed by atoms with van der Waals surface area (Å²) in [5.74, 6) is 0. The minimum atomic E-state index is 0.641. The Morgan fingerprint density at radius 1 is 0.958 bits per heavy atom. The van der Waals surface area contributed by atoms with E-state index >= 15 is 0 Å². The Balaban J connectivity index is 1.53. The maximum Gasteiger partial charge on any atom is 0.0657 e. The third-order valence-corrected chi connectivity index (χ3v) is 4.31. The molecule has 3 rings (SSSR count). The monoisotopic (exact) mass is 339 g/mol. The predicted octanol–water partition coefficient (Wildman–Crippen LogP) is 4.38. The number of hydrazone groups is 1. The molecule has 1 heterocycles. The van der Waals surface area contributed by atoms with Crippen molar-refractivity contribution in [3.05, 3.63) is 70.8 Å². The first-order valence-electron chi connectivity index (χ1n) is 8.23. The molecule has 1 fully saturated rings. The number of allylic oxidation sites excluding steroid dienone is 1. The summed E-state index contributed by atoms with van der Waals surface area (Å²) in [6.07, 6.45) is 3.66.